The maximum atomic E-state index is 5.18. The molecule has 1 saturated carbocycles. The van der Waals surface area contributed by atoms with Crippen molar-refractivity contribution in [3.05, 3.63) is 126 Å². The highest BCUT2D eigenvalue weighted by Gasteiger charge is 2.49. The number of pyridine rings is 1. The number of aromatic nitrogens is 3. The van der Waals surface area contributed by atoms with Gasteiger partial charge >= 0.3 is 0 Å². The molecule has 5 aromatic carbocycles. The molecule has 1 unspecified atom stereocenters. The molecule has 49 heavy (non-hydrogen) atoms. The molecule has 1 fully saturated rings. The third-order valence-corrected chi connectivity index (χ3v) is 12.3. The molecule has 1 aliphatic rings. The largest absolute Gasteiger partial charge is 0.299 e. The summed E-state index contributed by atoms with van der Waals surface area (Å²) in [6.45, 7) is 14.2. The van der Waals surface area contributed by atoms with Gasteiger partial charge in [-0.15, -0.1) is 11.3 Å². The molecule has 3 heterocycles. The summed E-state index contributed by atoms with van der Waals surface area (Å²) in [5, 5.41) is 7.63. The van der Waals surface area contributed by atoms with E-state index in [1.54, 1.807) is 11.3 Å². The minimum Gasteiger partial charge on any atom is -0.299 e. The molecule has 3 nitrogen and oxygen atoms in total. The van der Waals surface area contributed by atoms with Crippen LogP contribution >= 0.6 is 11.3 Å². The van der Waals surface area contributed by atoms with Crippen molar-refractivity contribution in [2.45, 2.75) is 65.2 Å². The number of nitrogens with zero attached hydrogens (tertiary/aromatic N) is 3. The summed E-state index contributed by atoms with van der Waals surface area (Å²) in [6.07, 6.45) is 7.28. The molecule has 242 valence electrons. The van der Waals surface area contributed by atoms with Crippen molar-refractivity contribution in [1.82, 2.24) is 14.5 Å². The molecule has 0 bridgehead atoms. The fourth-order valence-corrected chi connectivity index (χ4v) is 9.32. The highest BCUT2D eigenvalue weighted by Crippen LogP contribution is 2.57. The lowest BCUT2D eigenvalue weighted by Gasteiger charge is -2.25. The Morgan fingerprint density at radius 2 is 1.37 bits per heavy atom. The van der Waals surface area contributed by atoms with Gasteiger partial charge in [-0.2, -0.15) is 0 Å². The molecular formula is C45H41N3S. The smallest absolute Gasteiger partial charge is 0.144 e. The molecule has 0 amide bonds. The number of hydrogen-bond donors (Lipinski definition) is 0. The van der Waals surface area contributed by atoms with Crippen LogP contribution in [0, 0.1) is 5.92 Å². The van der Waals surface area contributed by atoms with E-state index in [2.05, 4.69) is 143 Å². The molecule has 0 spiro atoms. The molecular weight excluding hydrogens is 615 g/mol. The van der Waals surface area contributed by atoms with Crippen molar-refractivity contribution in [3.8, 4) is 28.2 Å². The van der Waals surface area contributed by atoms with Crippen molar-refractivity contribution >= 4 is 53.2 Å². The summed E-state index contributed by atoms with van der Waals surface area (Å²) in [7, 11) is 0. The Morgan fingerprint density at radius 1 is 0.735 bits per heavy atom. The Balaban J connectivity index is 1.32. The first kappa shape index (κ1) is 30.3. The van der Waals surface area contributed by atoms with Crippen LogP contribution in [0.4, 0.5) is 0 Å². The quantitative estimate of drug-likeness (QED) is 0.167. The van der Waals surface area contributed by atoms with Gasteiger partial charge in [0.2, 0.25) is 0 Å². The summed E-state index contributed by atoms with van der Waals surface area (Å²) < 4.78 is 3.71. The van der Waals surface area contributed by atoms with E-state index < -0.39 is 0 Å². The van der Waals surface area contributed by atoms with E-state index in [9.17, 15) is 0 Å². The van der Waals surface area contributed by atoms with Crippen LogP contribution < -0.4 is 0 Å². The summed E-state index contributed by atoms with van der Waals surface area (Å²) in [5.74, 6) is 2.26. The summed E-state index contributed by atoms with van der Waals surface area (Å²) in [5.41, 5.74) is 9.32. The predicted molar refractivity (Wildman–Crippen MR) is 209 cm³/mol. The van der Waals surface area contributed by atoms with Gasteiger partial charge in [-0.1, -0.05) is 90.1 Å². The van der Waals surface area contributed by atoms with Gasteiger partial charge < -0.3 is 0 Å². The van der Waals surface area contributed by atoms with Crippen molar-refractivity contribution in [1.29, 1.82) is 0 Å². The Hall–Kier alpha value is -4.80. The average molecular weight is 656 g/mol. The number of fused-ring (bicyclic) bond motifs is 5. The van der Waals surface area contributed by atoms with Gasteiger partial charge in [0.15, 0.2) is 0 Å². The van der Waals surface area contributed by atoms with Gasteiger partial charge in [-0.3, -0.25) is 4.57 Å². The van der Waals surface area contributed by atoms with Crippen molar-refractivity contribution in [2.75, 3.05) is 0 Å². The fraction of sp³-hybridized carbons (Fsp3) is 0.244. The first-order valence-electron chi connectivity index (χ1n) is 17.7. The molecule has 8 aromatic rings. The minimum atomic E-state index is 0.130. The summed E-state index contributed by atoms with van der Waals surface area (Å²) in [4.78, 5) is 11.0. The Morgan fingerprint density at radius 3 is 2.00 bits per heavy atom. The molecule has 0 radical (unpaired) electrons. The van der Waals surface area contributed by atoms with Crippen LogP contribution in [0.15, 0.2) is 110 Å². The van der Waals surface area contributed by atoms with Gasteiger partial charge in [0.05, 0.1) is 5.69 Å². The van der Waals surface area contributed by atoms with E-state index in [0.717, 1.165) is 10.7 Å². The first-order valence-corrected chi connectivity index (χ1v) is 18.5. The molecule has 3 aromatic heterocycles. The zero-order valence-corrected chi connectivity index (χ0v) is 29.9. The van der Waals surface area contributed by atoms with Crippen LogP contribution in [-0.4, -0.2) is 14.5 Å². The van der Waals surface area contributed by atoms with Crippen LogP contribution in [0.3, 0.4) is 0 Å². The van der Waals surface area contributed by atoms with Gasteiger partial charge in [0.25, 0.3) is 0 Å². The van der Waals surface area contributed by atoms with Gasteiger partial charge in [0, 0.05) is 39.6 Å². The second-order valence-electron chi connectivity index (χ2n) is 15.0. The van der Waals surface area contributed by atoms with E-state index in [0.29, 0.717) is 17.8 Å². The number of imidazole rings is 1. The van der Waals surface area contributed by atoms with E-state index in [-0.39, 0.29) is 5.41 Å². The van der Waals surface area contributed by atoms with E-state index >= 15 is 0 Å². The monoisotopic (exact) mass is 655 g/mol. The third-order valence-electron chi connectivity index (χ3n) is 11.3. The fourth-order valence-electron chi connectivity index (χ4n) is 8.26. The Kier molecular flexibility index (Phi) is 6.87. The molecule has 0 saturated heterocycles. The molecule has 4 heteroatoms. The highest BCUT2D eigenvalue weighted by atomic mass is 32.1. The lowest BCUT2D eigenvalue weighted by atomic mass is 9.85. The first-order chi connectivity index (χ1) is 23.7. The third kappa shape index (κ3) is 4.68. The van der Waals surface area contributed by atoms with E-state index in [1.807, 2.05) is 12.4 Å². The standard InChI is InChI=1S/C45H41N3S/c1-26(2)35-21-31(41-32-14-9-7-12-29(32)20-30-13-8-10-15-33(30)41)22-36(27(3)4)42(35)48-19-18-46-43(48)38-23-37-34-16-11-17-47-44(34)49-40(37)24-39(38)45(6)25-28(45)5/h7-24,26-28H,25H2,1-6H3/t28-,45?/m0/s1. The van der Waals surface area contributed by atoms with Gasteiger partial charge in [-0.25, -0.2) is 9.97 Å². The maximum absolute atomic E-state index is 5.18. The summed E-state index contributed by atoms with van der Waals surface area (Å²) >= 11 is 1.80. The average Bonchev–Trinajstić information content (AvgIpc) is 3.42. The zero-order valence-electron chi connectivity index (χ0n) is 29.1. The number of rotatable bonds is 6. The molecule has 9 rings (SSSR count). The molecule has 0 N–H and O–H groups in total. The van der Waals surface area contributed by atoms with Gasteiger partial charge in [0.1, 0.15) is 10.7 Å². The van der Waals surface area contributed by atoms with Gasteiger partial charge in [-0.05, 0) is 121 Å². The topological polar surface area (TPSA) is 30.7 Å². The molecule has 0 aliphatic heterocycles. The number of hydrogen-bond acceptors (Lipinski definition) is 3. The number of thiophene rings is 1. The van der Waals surface area contributed by atoms with Crippen molar-refractivity contribution < 1.29 is 0 Å². The Labute approximate surface area is 292 Å². The lowest BCUT2D eigenvalue weighted by Crippen LogP contribution is -2.11. The van der Waals surface area contributed by atoms with Crippen molar-refractivity contribution in [3.63, 3.8) is 0 Å². The molecule has 2 atom stereocenters. The number of benzene rings is 5. The maximum Gasteiger partial charge on any atom is 0.144 e. The lowest BCUT2D eigenvalue weighted by molar-refractivity contribution is 0.703. The normalized spacial score (nSPS) is 17.8. The second-order valence-corrected chi connectivity index (χ2v) is 16.0. The second kappa shape index (κ2) is 11.1. The SMILES string of the molecule is CC(C)c1cc(-c2c3ccccc3cc3ccccc23)cc(C(C)C)c1-n1ccnc1-c1cc2c(cc1C1(C)C[C@@H]1C)sc1ncccc12. The van der Waals surface area contributed by atoms with Crippen LogP contribution in [0.25, 0.3) is 70.0 Å². The Bertz CT molecular complexity index is 2500. The van der Waals surface area contributed by atoms with E-state index in [1.165, 1.54) is 82.5 Å². The van der Waals surface area contributed by atoms with Crippen LogP contribution in [0.1, 0.15) is 76.5 Å². The predicted octanol–water partition coefficient (Wildman–Crippen LogP) is 12.8. The highest BCUT2D eigenvalue weighted by molar-refractivity contribution is 7.25. The van der Waals surface area contributed by atoms with Crippen LogP contribution in [0.2, 0.25) is 0 Å². The van der Waals surface area contributed by atoms with Crippen molar-refractivity contribution in [2.24, 2.45) is 5.92 Å². The minimum absolute atomic E-state index is 0.130. The van der Waals surface area contributed by atoms with E-state index in [4.69, 9.17) is 9.97 Å². The summed E-state index contributed by atoms with van der Waals surface area (Å²) in [6, 6.07) is 34.1. The zero-order chi connectivity index (χ0) is 33.6. The molecule has 1 aliphatic carbocycles. The van der Waals surface area contributed by atoms with Crippen LogP contribution in [0.5, 0.6) is 0 Å². The van der Waals surface area contributed by atoms with Crippen LogP contribution in [-0.2, 0) is 5.41 Å².